The number of carbonyl (C=O) groups is 2. The van der Waals surface area contributed by atoms with Gasteiger partial charge in [0.1, 0.15) is 11.4 Å². The van der Waals surface area contributed by atoms with Crippen LogP contribution in [0.25, 0.3) is 0 Å². The van der Waals surface area contributed by atoms with Crippen LogP contribution in [0.2, 0.25) is 0 Å². The number of anilines is 1. The molecule has 2 amide bonds. The molecule has 2 rings (SSSR count). The van der Waals surface area contributed by atoms with Gasteiger partial charge in [-0.25, -0.2) is 0 Å². The molecule has 2 aromatic rings. The Morgan fingerprint density at radius 2 is 1.88 bits per heavy atom. The molecule has 134 valence electrons. The van der Waals surface area contributed by atoms with Gasteiger partial charge >= 0.3 is 0 Å². The standard InChI is InChI=1S/C18H24N4O3/c1-5-25-14-8-6-13(7-9-14)17(23)21-15-11-20-22(4)16(15)18(24)19-10-12(2)3/h6-9,11-12H,5,10H2,1-4H3,(H,19,24)(H,21,23). The average Bonchev–Trinajstić information content (AvgIpc) is 2.94. The molecule has 0 unspecified atom stereocenters. The molecule has 0 aliphatic carbocycles. The lowest BCUT2D eigenvalue weighted by atomic mass is 10.2. The molecule has 0 spiro atoms. The Morgan fingerprint density at radius 1 is 1.20 bits per heavy atom. The monoisotopic (exact) mass is 344 g/mol. The van der Waals surface area contributed by atoms with Crippen LogP contribution < -0.4 is 15.4 Å². The Morgan fingerprint density at radius 3 is 2.48 bits per heavy atom. The van der Waals surface area contributed by atoms with Crippen LogP contribution in [-0.4, -0.2) is 34.7 Å². The van der Waals surface area contributed by atoms with E-state index in [4.69, 9.17) is 4.74 Å². The maximum Gasteiger partial charge on any atom is 0.271 e. The van der Waals surface area contributed by atoms with E-state index in [1.54, 1.807) is 31.3 Å². The van der Waals surface area contributed by atoms with Crippen molar-refractivity contribution in [2.24, 2.45) is 13.0 Å². The Bertz CT molecular complexity index is 735. The molecule has 7 heteroatoms. The molecular formula is C18H24N4O3. The number of hydrogen-bond donors (Lipinski definition) is 2. The van der Waals surface area contributed by atoms with Gasteiger partial charge in [0.2, 0.25) is 0 Å². The van der Waals surface area contributed by atoms with Crippen LogP contribution in [0.1, 0.15) is 41.6 Å². The Balaban J connectivity index is 2.12. The van der Waals surface area contributed by atoms with Gasteiger partial charge in [-0.05, 0) is 37.1 Å². The zero-order valence-corrected chi connectivity index (χ0v) is 15.0. The van der Waals surface area contributed by atoms with Gasteiger partial charge in [-0.1, -0.05) is 13.8 Å². The molecule has 1 aromatic carbocycles. The van der Waals surface area contributed by atoms with Crippen LogP contribution in [0.5, 0.6) is 5.75 Å². The number of aryl methyl sites for hydroxylation is 1. The van der Waals surface area contributed by atoms with Gasteiger partial charge in [-0.2, -0.15) is 5.10 Å². The number of nitrogens with one attached hydrogen (secondary N) is 2. The molecule has 2 N–H and O–H groups in total. The first-order valence-corrected chi connectivity index (χ1v) is 8.26. The molecule has 1 aromatic heterocycles. The van der Waals surface area contributed by atoms with Gasteiger partial charge in [-0.15, -0.1) is 0 Å². The third-order valence-electron chi connectivity index (χ3n) is 3.50. The van der Waals surface area contributed by atoms with Crippen molar-refractivity contribution in [2.75, 3.05) is 18.5 Å². The van der Waals surface area contributed by atoms with E-state index in [0.29, 0.717) is 41.8 Å². The third-order valence-corrected chi connectivity index (χ3v) is 3.50. The zero-order chi connectivity index (χ0) is 18.4. The molecule has 1 heterocycles. The van der Waals surface area contributed by atoms with E-state index in [1.165, 1.54) is 10.9 Å². The van der Waals surface area contributed by atoms with E-state index in [1.807, 2.05) is 20.8 Å². The van der Waals surface area contributed by atoms with Crippen molar-refractivity contribution < 1.29 is 14.3 Å². The first-order chi connectivity index (χ1) is 11.9. The van der Waals surface area contributed by atoms with E-state index in [9.17, 15) is 9.59 Å². The van der Waals surface area contributed by atoms with Crippen LogP contribution in [-0.2, 0) is 7.05 Å². The fraction of sp³-hybridized carbons (Fsp3) is 0.389. The molecule has 0 saturated carbocycles. The smallest absolute Gasteiger partial charge is 0.271 e. The second kappa shape index (κ2) is 8.32. The Hall–Kier alpha value is -2.83. The van der Waals surface area contributed by atoms with Gasteiger partial charge in [0, 0.05) is 19.2 Å². The molecule has 7 nitrogen and oxygen atoms in total. The van der Waals surface area contributed by atoms with Gasteiger partial charge in [-0.3, -0.25) is 14.3 Å². The van der Waals surface area contributed by atoms with Gasteiger partial charge < -0.3 is 15.4 Å². The summed E-state index contributed by atoms with van der Waals surface area (Å²) < 4.78 is 6.81. The third kappa shape index (κ3) is 4.82. The molecule has 0 saturated heterocycles. The Labute approximate surface area is 147 Å². The highest BCUT2D eigenvalue weighted by atomic mass is 16.5. The molecule has 0 atom stereocenters. The summed E-state index contributed by atoms with van der Waals surface area (Å²) in [5, 5.41) is 9.65. The first kappa shape index (κ1) is 18.5. The SMILES string of the molecule is CCOc1ccc(C(=O)Nc2cnn(C)c2C(=O)NCC(C)C)cc1. The normalized spacial score (nSPS) is 10.6. The number of benzene rings is 1. The number of nitrogens with zero attached hydrogens (tertiary/aromatic N) is 2. The first-order valence-electron chi connectivity index (χ1n) is 8.26. The van der Waals surface area contributed by atoms with Crippen molar-refractivity contribution in [2.45, 2.75) is 20.8 Å². The quantitative estimate of drug-likeness (QED) is 0.808. The van der Waals surface area contributed by atoms with Crippen molar-refractivity contribution in [1.29, 1.82) is 0 Å². The van der Waals surface area contributed by atoms with Crippen LogP contribution in [0.4, 0.5) is 5.69 Å². The van der Waals surface area contributed by atoms with E-state index in [0.717, 1.165) is 0 Å². The molecule has 25 heavy (non-hydrogen) atoms. The van der Waals surface area contributed by atoms with Crippen LogP contribution in [0, 0.1) is 5.92 Å². The summed E-state index contributed by atoms with van der Waals surface area (Å²) in [4.78, 5) is 24.8. The summed E-state index contributed by atoms with van der Waals surface area (Å²) >= 11 is 0. The van der Waals surface area contributed by atoms with Gasteiger partial charge in [0.05, 0.1) is 18.5 Å². The van der Waals surface area contributed by atoms with Crippen LogP contribution >= 0.6 is 0 Å². The van der Waals surface area contributed by atoms with Crippen LogP contribution in [0.3, 0.4) is 0 Å². The maximum absolute atomic E-state index is 12.4. The maximum atomic E-state index is 12.4. The number of aromatic nitrogens is 2. The summed E-state index contributed by atoms with van der Waals surface area (Å²) in [6, 6.07) is 6.82. The van der Waals surface area contributed by atoms with Gasteiger partial charge in [0.25, 0.3) is 11.8 Å². The van der Waals surface area contributed by atoms with Crippen LogP contribution in [0.15, 0.2) is 30.5 Å². The number of amides is 2. The highest BCUT2D eigenvalue weighted by molar-refractivity contribution is 6.08. The fourth-order valence-electron chi connectivity index (χ4n) is 2.24. The molecule has 0 bridgehead atoms. The second-order valence-electron chi connectivity index (χ2n) is 6.05. The minimum atomic E-state index is -0.311. The van der Waals surface area contributed by atoms with Crippen molar-refractivity contribution >= 4 is 17.5 Å². The minimum absolute atomic E-state index is 0.268. The van der Waals surface area contributed by atoms with E-state index >= 15 is 0 Å². The highest BCUT2D eigenvalue weighted by Crippen LogP contribution is 2.17. The highest BCUT2D eigenvalue weighted by Gasteiger charge is 2.19. The number of rotatable bonds is 7. The Kier molecular flexibility index (Phi) is 6.16. The minimum Gasteiger partial charge on any atom is -0.494 e. The lowest BCUT2D eigenvalue weighted by molar-refractivity contribution is 0.0940. The zero-order valence-electron chi connectivity index (χ0n) is 15.0. The average molecular weight is 344 g/mol. The molecular weight excluding hydrogens is 320 g/mol. The number of ether oxygens (including phenoxy) is 1. The number of hydrogen-bond acceptors (Lipinski definition) is 4. The van der Waals surface area contributed by atoms with E-state index in [2.05, 4.69) is 15.7 Å². The molecule has 0 aliphatic heterocycles. The van der Waals surface area contributed by atoms with E-state index in [-0.39, 0.29) is 11.8 Å². The summed E-state index contributed by atoms with van der Waals surface area (Å²) in [7, 11) is 1.66. The molecule has 0 aliphatic rings. The number of carbonyl (C=O) groups excluding carboxylic acids is 2. The fourth-order valence-corrected chi connectivity index (χ4v) is 2.24. The predicted molar refractivity (Wildman–Crippen MR) is 95.9 cm³/mol. The van der Waals surface area contributed by atoms with Crippen molar-refractivity contribution in [3.8, 4) is 5.75 Å². The summed E-state index contributed by atoms with van der Waals surface area (Å²) in [6.45, 7) is 7.04. The summed E-state index contributed by atoms with van der Waals surface area (Å²) in [6.07, 6.45) is 1.47. The van der Waals surface area contributed by atoms with Crippen molar-refractivity contribution in [1.82, 2.24) is 15.1 Å². The van der Waals surface area contributed by atoms with E-state index < -0.39 is 0 Å². The second-order valence-corrected chi connectivity index (χ2v) is 6.05. The topological polar surface area (TPSA) is 85.2 Å². The van der Waals surface area contributed by atoms with Gasteiger partial charge in [0.15, 0.2) is 0 Å². The summed E-state index contributed by atoms with van der Waals surface area (Å²) in [5.41, 5.74) is 1.17. The lowest BCUT2D eigenvalue weighted by Gasteiger charge is -2.10. The summed E-state index contributed by atoms with van der Waals surface area (Å²) in [5.74, 6) is 0.456. The molecule has 0 radical (unpaired) electrons. The predicted octanol–water partition coefficient (Wildman–Crippen LogP) is 2.46. The largest absolute Gasteiger partial charge is 0.494 e. The lowest BCUT2D eigenvalue weighted by Crippen LogP contribution is -2.30. The van der Waals surface area contributed by atoms with Crippen molar-refractivity contribution in [3.05, 3.63) is 41.7 Å². The van der Waals surface area contributed by atoms with Crippen molar-refractivity contribution in [3.63, 3.8) is 0 Å². The molecule has 0 fully saturated rings.